The molecule has 0 saturated heterocycles. The van der Waals surface area contributed by atoms with Crippen LogP contribution >= 0.6 is 0 Å². The van der Waals surface area contributed by atoms with Gasteiger partial charge in [0, 0.05) is 17.3 Å². The monoisotopic (exact) mass is 297 g/mol. The standard InChI is InChI=1S/C20H15N3/c1-3-9-16(10-4-1)20(17-11-5-2-6-12-17)22-19-15-21-18-13-7-8-14-23(18)19/h1-15H. The zero-order chi connectivity index (χ0) is 15.5. The van der Waals surface area contributed by atoms with Crippen LogP contribution < -0.4 is 0 Å². The molecular weight excluding hydrogens is 282 g/mol. The summed E-state index contributed by atoms with van der Waals surface area (Å²) in [5, 5.41) is 0. The largest absolute Gasteiger partial charge is 0.285 e. The van der Waals surface area contributed by atoms with Crippen molar-refractivity contribution < 1.29 is 0 Å². The molecule has 0 saturated carbocycles. The van der Waals surface area contributed by atoms with Crippen LogP contribution in [0, 0.1) is 0 Å². The highest BCUT2D eigenvalue weighted by molar-refractivity contribution is 6.13. The maximum absolute atomic E-state index is 4.90. The molecule has 0 unspecified atom stereocenters. The third kappa shape index (κ3) is 2.64. The van der Waals surface area contributed by atoms with Gasteiger partial charge in [-0.3, -0.25) is 4.40 Å². The molecule has 2 aromatic heterocycles. The van der Waals surface area contributed by atoms with Crippen LogP contribution in [0.3, 0.4) is 0 Å². The minimum Gasteiger partial charge on any atom is -0.285 e. The third-order valence-electron chi connectivity index (χ3n) is 3.72. The fourth-order valence-corrected chi connectivity index (χ4v) is 2.60. The Hall–Kier alpha value is -3.20. The van der Waals surface area contributed by atoms with Crippen LogP contribution in [0.25, 0.3) is 5.65 Å². The molecule has 0 aliphatic heterocycles. The minimum atomic E-state index is 0.823. The molecule has 0 aliphatic rings. The first-order valence-electron chi connectivity index (χ1n) is 7.53. The van der Waals surface area contributed by atoms with Crippen LogP contribution in [0.15, 0.2) is 96.2 Å². The van der Waals surface area contributed by atoms with E-state index in [0.29, 0.717) is 0 Å². The smallest absolute Gasteiger partial charge is 0.157 e. The molecule has 3 heteroatoms. The van der Waals surface area contributed by atoms with Crippen molar-refractivity contribution in [3.05, 3.63) is 102 Å². The van der Waals surface area contributed by atoms with Crippen LogP contribution in [0.1, 0.15) is 11.1 Å². The van der Waals surface area contributed by atoms with Gasteiger partial charge in [-0.25, -0.2) is 9.98 Å². The van der Waals surface area contributed by atoms with Gasteiger partial charge in [-0.15, -0.1) is 0 Å². The maximum Gasteiger partial charge on any atom is 0.157 e. The number of imidazole rings is 1. The average molecular weight is 297 g/mol. The summed E-state index contributed by atoms with van der Waals surface area (Å²) in [6.45, 7) is 0. The lowest BCUT2D eigenvalue weighted by Gasteiger charge is -2.07. The minimum absolute atomic E-state index is 0.823. The van der Waals surface area contributed by atoms with E-state index < -0.39 is 0 Å². The van der Waals surface area contributed by atoms with Gasteiger partial charge in [0.05, 0.1) is 11.9 Å². The van der Waals surface area contributed by atoms with Gasteiger partial charge in [0.25, 0.3) is 0 Å². The van der Waals surface area contributed by atoms with Crippen molar-refractivity contribution in [2.45, 2.75) is 0 Å². The summed E-state index contributed by atoms with van der Waals surface area (Å²) in [7, 11) is 0. The van der Waals surface area contributed by atoms with Crippen molar-refractivity contribution in [2.75, 3.05) is 0 Å². The summed E-state index contributed by atoms with van der Waals surface area (Å²) >= 11 is 0. The van der Waals surface area contributed by atoms with E-state index in [1.807, 2.05) is 65.2 Å². The van der Waals surface area contributed by atoms with Gasteiger partial charge in [-0.1, -0.05) is 66.7 Å². The molecule has 0 radical (unpaired) electrons. The second kappa shape index (κ2) is 5.89. The molecule has 4 rings (SSSR count). The number of rotatable bonds is 3. The molecule has 23 heavy (non-hydrogen) atoms. The van der Waals surface area contributed by atoms with Crippen LogP contribution in [0.5, 0.6) is 0 Å². The lowest BCUT2D eigenvalue weighted by atomic mass is 10.0. The van der Waals surface area contributed by atoms with Crippen LogP contribution in [-0.2, 0) is 0 Å². The summed E-state index contributed by atoms with van der Waals surface area (Å²) in [5.74, 6) is 0.823. The van der Waals surface area contributed by atoms with E-state index in [4.69, 9.17) is 4.99 Å². The van der Waals surface area contributed by atoms with Crippen molar-refractivity contribution in [2.24, 2.45) is 4.99 Å². The van der Waals surface area contributed by atoms with Crippen LogP contribution in [-0.4, -0.2) is 15.1 Å². The molecule has 3 nitrogen and oxygen atoms in total. The van der Waals surface area contributed by atoms with E-state index >= 15 is 0 Å². The van der Waals surface area contributed by atoms with E-state index in [-0.39, 0.29) is 0 Å². The predicted molar refractivity (Wildman–Crippen MR) is 93.4 cm³/mol. The number of aromatic nitrogens is 2. The van der Waals surface area contributed by atoms with E-state index in [1.165, 1.54) is 0 Å². The van der Waals surface area contributed by atoms with Crippen molar-refractivity contribution in [3.63, 3.8) is 0 Å². The lowest BCUT2D eigenvalue weighted by molar-refractivity contribution is 1.16. The number of benzene rings is 2. The van der Waals surface area contributed by atoms with E-state index in [9.17, 15) is 0 Å². The molecule has 2 aromatic carbocycles. The summed E-state index contributed by atoms with van der Waals surface area (Å²) in [6, 6.07) is 26.4. The van der Waals surface area contributed by atoms with Gasteiger partial charge in [0.1, 0.15) is 5.65 Å². The number of nitrogens with zero attached hydrogens (tertiary/aromatic N) is 3. The SMILES string of the molecule is c1ccc(C(=Nc2cnc3ccccn23)c2ccccc2)cc1. The number of hydrogen-bond acceptors (Lipinski definition) is 2. The van der Waals surface area contributed by atoms with Gasteiger partial charge < -0.3 is 0 Å². The van der Waals surface area contributed by atoms with E-state index in [0.717, 1.165) is 28.3 Å². The Labute approximate surface area is 134 Å². The molecule has 0 bridgehead atoms. The summed E-state index contributed by atoms with van der Waals surface area (Å²) < 4.78 is 1.99. The fourth-order valence-electron chi connectivity index (χ4n) is 2.60. The van der Waals surface area contributed by atoms with Crippen LogP contribution in [0.2, 0.25) is 0 Å². The van der Waals surface area contributed by atoms with E-state index in [1.54, 1.807) is 6.20 Å². The second-order valence-electron chi connectivity index (χ2n) is 5.24. The lowest BCUT2D eigenvalue weighted by Crippen LogP contribution is -2.02. The fraction of sp³-hybridized carbons (Fsp3) is 0. The summed E-state index contributed by atoms with van der Waals surface area (Å²) in [5.41, 5.74) is 4.01. The number of aliphatic imine (C=N–C) groups is 1. The van der Waals surface area contributed by atoms with Gasteiger partial charge in [-0.2, -0.15) is 0 Å². The molecule has 0 amide bonds. The van der Waals surface area contributed by atoms with Crippen molar-refractivity contribution in [3.8, 4) is 0 Å². The Morgan fingerprint density at radius 2 is 1.35 bits per heavy atom. The molecule has 0 aliphatic carbocycles. The Kier molecular flexibility index (Phi) is 3.45. The highest BCUT2D eigenvalue weighted by Crippen LogP contribution is 2.19. The van der Waals surface area contributed by atoms with E-state index in [2.05, 4.69) is 29.2 Å². The van der Waals surface area contributed by atoms with Gasteiger partial charge >= 0.3 is 0 Å². The quantitative estimate of drug-likeness (QED) is 0.512. The van der Waals surface area contributed by atoms with Crippen molar-refractivity contribution in [1.29, 1.82) is 0 Å². The zero-order valence-corrected chi connectivity index (χ0v) is 12.5. The first-order chi connectivity index (χ1) is 11.4. The highest BCUT2D eigenvalue weighted by Gasteiger charge is 2.08. The Balaban J connectivity index is 1.92. The van der Waals surface area contributed by atoms with Crippen molar-refractivity contribution in [1.82, 2.24) is 9.38 Å². The molecular formula is C20H15N3. The molecule has 4 aromatic rings. The second-order valence-corrected chi connectivity index (χ2v) is 5.24. The average Bonchev–Trinajstić information content (AvgIpc) is 3.04. The Morgan fingerprint density at radius 1 is 0.739 bits per heavy atom. The Morgan fingerprint density at radius 3 is 2.00 bits per heavy atom. The number of hydrogen-bond donors (Lipinski definition) is 0. The van der Waals surface area contributed by atoms with Gasteiger partial charge in [0.2, 0.25) is 0 Å². The molecule has 0 fully saturated rings. The molecule has 2 heterocycles. The first-order valence-corrected chi connectivity index (χ1v) is 7.53. The highest BCUT2D eigenvalue weighted by atomic mass is 15.1. The predicted octanol–water partition coefficient (Wildman–Crippen LogP) is 4.50. The van der Waals surface area contributed by atoms with Gasteiger partial charge in [0.15, 0.2) is 5.82 Å². The zero-order valence-electron chi connectivity index (χ0n) is 12.5. The summed E-state index contributed by atoms with van der Waals surface area (Å²) in [6.07, 6.45) is 3.79. The first kappa shape index (κ1) is 13.5. The molecule has 0 spiro atoms. The molecule has 110 valence electrons. The number of pyridine rings is 1. The van der Waals surface area contributed by atoms with Gasteiger partial charge in [-0.05, 0) is 12.1 Å². The normalized spacial score (nSPS) is 10.6. The summed E-state index contributed by atoms with van der Waals surface area (Å²) in [4.78, 5) is 9.32. The molecule has 0 atom stereocenters. The van der Waals surface area contributed by atoms with Crippen molar-refractivity contribution >= 4 is 17.2 Å². The Bertz CT molecular complexity index is 912. The topological polar surface area (TPSA) is 29.7 Å². The maximum atomic E-state index is 4.90. The number of fused-ring (bicyclic) bond motifs is 1. The third-order valence-corrected chi connectivity index (χ3v) is 3.72. The van der Waals surface area contributed by atoms with Crippen LogP contribution in [0.4, 0.5) is 5.82 Å². The molecule has 0 N–H and O–H groups in total.